The number of benzene rings is 1. The van der Waals surface area contributed by atoms with Gasteiger partial charge in [0, 0.05) is 5.56 Å². The predicted octanol–water partition coefficient (Wildman–Crippen LogP) is 1.04. The summed E-state index contributed by atoms with van der Waals surface area (Å²) >= 11 is 0. The third kappa shape index (κ3) is 2.09. The lowest BCUT2D eigenvalue weighted by Gasteiger charge is -2.05. The molecule has 0 bridgehead atoms. The number of rotatable bonds is 2. The number of halogens is 2. The van der Waals surface area contributed by atoms with Gasteiger partial charge < -0.3 is 10.5 Å². The molecule has 1 aromatic rings. The van der Waals surface area contributed by atoms with Gasteiger partial charge in [-0.1, -0.05) is 0 Å². The van der Waals surface area contributed by atoms with E-state index in [1.54, 1.807) is 0 Å². The van der Waals surface area contributed by atoms with Crippen LogP contribution in [0.2, 0.25) is 0 Å². The van der Waals surface area contributed by atoms with Crippen molar-refractivity contribution in [2.45, 2.75) is 0 Å². The Kier molecular flexibility index (Phi) is 2.99. The molecule has 1 rings (SSSR count). The fraction of sp³-hybridized carbons (Fsp3) is 0.111. The van der Waals surface area contributed by atoms with Crippen LogP contribution in [0.25, 0.3) is 0 Å². The zero-order valence-corrected chi connectivity index (χ0v) is 7.80. The average molecular weight is 214 g/mol. The SMILES string of the molecule is COC(=O)c1c(F)cc(C(=N)N)cc1F. The third-order valence-electron chi connectivity index (χ3n) is 1.74. The van der Waals surface area contributed by atoms with Crippen LogP contribution in [0.3, 0.4) is 0 Å². The number of hydrogen-bond acceptors (Lipinski definition) is 3. The molecular formula is C9H8F2N2O2. The molecule has 0 unspecified atom stereocenters. The maximum Gasteiger partial charge on any atom is 0.343 e. The molecular weight excluding hydrogens is 206 g/mol. The highest BCUT2D eigenvalue weighted by molar-refractivity contribution is 5.97. The standard InChI is InChI=1S/C9H8F2N2O2/c1-15-9(14)7-5(10)2-4(8(12)13)3-6(7)11/h2-3H,1H3,(H3,12,13). The van der Waals surface area contributed by atoms with E-state index in [2.05, 4.69) is 4.74 Å². The molecule has 1 aromatic carbocycles. The highest BCUT2D eigenvalue weighted by Gasteiger charge is 2.19. The first-order chi connectivity index (χ1) is 6.97. The molecule has 4 nitrogen and oxygen atoms in total. The van der Waals surface area contributed by atoms with Gasteiger partial charge >= 0.3 is 5.97 Å². The zero-order chi connectivity index (χ0) is 11.6. The number of hydrogen-bond donors (Lipinski definition) is 2. The second-order valence-electron chi connectivity index (χ2n) is 2.72. The molecule has 3 N–H and O–H groups in total. The van der Waals surface area contributed by atoms with Crippen molar-refractivity contribution in [2.24, 2.45) is 5.73 Å². The minimum Gasteiger partial charge on any atom is -0.465 e. The summed E-state index contributed by atoms with van der Waals surface area (Å²) in [6, 6.07) is 1.61. The van der Waals surface area contributed by atoms with Gasteiger partial charge in [-0.15, -0.1) is 0 Å². The molecule has 15 heavy (non-hydrogen) atoms. The minimum absolute atomic E-state index is 0.127. The molecule has 0 radical (unpaired) electrons. The van der Waals surface area contributed by atoms with E-state index < -0.39 is 29.0 Å². The fourth-order valence-corrected chi connectivity index (χ4v) is 1.03. The molecule has 0 atom stereocenters. The normalized spacial score (nSPS) is 9.80. The maximum atomic E-state index is 13.2. The van der Waals surface area contributed by atoms with Gasteiger partial charge in [-0.25, -0.2) is 13.6 Å². The van der Waals surface area contributed by atoms with Crippen LogP contribution in [0.4, 0.5) is 8.78 Å². The van der Waals surface area contributed by atoms with Crippen molar-refractivity contribution >= 4 is 11.8 Å². The van der Waals surface area contributed by atoms with Gasteiger partial charge in [0.25, 0.3) is 0 Å². The summed E-state index contributed by atoms with van der Waals surface area (Å²) in [5, 5.41) is 6.98. The number of ether oxygens (including phenoxy) is 1. The number of carbonyl (C=O) groups excluding carboxylic acids is 1. The Morgan fingerprint density at radius 2 is 1.87 bits per heavy atom. The van der Waals surface area contributed by atoms with Crippen LogP contribution in [0.1, 0.15) is 15.9 Å². The first-order valence-corrected chi connectivity index (χ1v) is 3.89. The predicted molar refractivity (Wildman–Crippen MR) is 48.7 cm³/mol. The van der Waals surface area contributed by atoms with Crippen LogP contribution >= 0.6 is 0 Å². The molecule has 0 aliphatic heterocycles. The van der Waals surface area contributed by atoms with Gasteiger partial charge in [0.1, 0.15) is 23.0 Å². The van der Waals surface area contributed by atoms with Crippen molar-refractivity contribution in [3.8, 4) is 0 Å². The van der Waals surface area contributed by atoms with Crippen molar-refractivity contribution in [3.63, 3.8) is 0 Å². The van der Waals surface area contributed by atoms with E-state index in [4.69, 9.17) is 11.1 Å². The Bertz CT molecular complexity index is 409. The van der Waals surface area contributed by atoms with Crippen molar-refractivity contribution in [1.29, 1.82) is 5.41 Å². The quantitative estimate of drug-likeness (QED) is 0.438. The smallest absolute Gasteiger partial charge is 0.343 e. The summed E-state index contributed by atoms with van der Waals surface area (Å²) < 4.78 is 30.6. The lowest BCUT2D eigenvalue weighted by atomic mass is 10.1. The van der Waals surface area contributed by atoms with Crippen LogP contribution in [-0.2, 0) is 4.74 Å². The molecule has 0 aromatic heterocycles. The largest absolute Gasteiger partial charge is 0.465 e. The van der Waals surface area contributed by atoms with Gasteiger partial charge in [-0.2, -0.15) is 0 Å². The number of nitrogens with one attached hydrogen (secondary N) is 1. The van der Waals surface area contributed by atoms with E-state index in [-0.39, 0.29) is 5.56 Å². The van der Waals surface area contributed by atoms with E-state index in [0.29, 0.717) is 0 Å². The van der Waals surface area contributed by atoms with Crippen molar-refractivity contribution < 1.29 is 18.3 Å². The molecule has 80 valence electrons. The van der Waals surface area contributed by atoms with Gasteiger partial charge in [0.05, 0.1) is 7.11 Å². The van der Waals surface area contributed by atoms with Crippen LogP contribution in [0, 0.1) is 17.0 Å². The van der Waals surface area contributed by atoms with Crippen LogP contribution < -0.4 is 5.73 Å². The third-order valence-corrected chi connectivity index (χ3v) is 1.74. The number of methoxy groups -OCH3 is 1. The highest BCUT2D eigenvalue weighted by atomic mass is 19.1. The van der Waals surface area contributed by atoms with Crippen LogP contribution in [0.5, 0.6) is 0 Å². The molecule has 0 fully saturated rings. The monoisotopic (exact) mass is 214 g/mol. The molecule has 0 aliphatic carbocycles. The second-order valence-corrected chi connectivity index (χ2v) is 2.72. The summed E-state index contributed by atoms with van der Waals surface area (Å²) in [6.45, 7) is 0. The van der Waals surface area contributed by atoms with E-state index in [1.165, 1.54) is 0 Å². The Morgan fingerprint density at radius 1 is 1.40 bits per heavy atom. The van der Waals surface area contributed by atoms with Crippen molar-refractivity contribution in [2.75, 3.05) is 7.11 Å². The molecule has 0 saturated carbocycles. The summed E-state index contributed by atoms with van der Waals surface area (Å²) in [7, 11) is 1.01. The van der Waals surface area contributed by atoms with Crippen molar-refractivity contribution in [3.05, 3.63) is 34.9 Å². The number of esters is 1. The fourth-order valence-electron chi connectivity index (χ4n) is 1.03. The summed E-state index contributed by atoms with van der Waals surface area (Å²) in [6.07, 6.45) is 0. The van der Waals surface area contributed by atoms with Crippen molar-refractivity contribution in [1.82, 2.24) is 0 Å². The number of amidine groups is 1. The van der Waals surface area contributed by atoms with Crippen LogP contribution in [0.15, 0.2) is 12.1 Å². The zero-order valence-electron chi connectivity index (χ0n) is 7.80. The Morgan fingerprint density at radius 3 is 2.20 bits per heavy atom. The van der Waals surface area contributed by atoms with Gasteiger partial charge in [0.2, 0.25) is 0 Å². The lowest BCUT2D eigenvalue weighted by Crippen LogP contribution is -2.15. The number of nitrogens with two attached hydrogens (primary N) is 1. The van der Waals surface area contributed by atoms with Crippen LogP contribution in [-0.4, -0.2) is 18.9 Å². The molecule has 6 heteroatoms. The number of carbonyl (C=O) groups is 1. The topological polar surface area (TPSA) is 76.2 Å². The van der Waals surface area contributed by atoms with E-state index in [0.717, 1.165) is 19.2 Å². The Hall–Kier alpha value is -1.98. The average Bonchev–Trinajstić information content (AvgIpc) is 2.16. The van der Waals surface area contributed by atoms with Gasteiger partial charge in [0.15, 0.2) is 0 Å². The maximum absolute atomic E-state index is 13.2. The first kappa shape index (κ1) is 11.1. The summed E-state index contributed by atoms with van der Waals surface area (Å²) in [4.78, 5) is 10.9. The molecule has 0 aliphatic rings. The Labute approximate surface area is 84.2 Å². The van der Waals surface area contributed by atoms with E-state index in [9.17, 15) is 13.6 Å². The highest BCUT2D eigenvalue weighted by Crippen LogP contribution is 2.16. The van der Waals surface area contributed by atoms with E-state index in [1.807, 2.05) is 0 Å². The first-order valence-electron chi connectivity index (χ1n) is 3.89. The van der Waals surface area contributed by atoms with Gasteiger partial charge in [-0.3, -0.25) is 5.41 Å². The molecule has 0 amide bonds. The Balaban J connectivity index is 3.33. The molecule has 0 heterocycles. The minimum atomic E-state index is -1.11. The second kappa shape index (κ2) is 4.04. The summed E-state index contributed by atoms with van der Waals surface area (Å²) in [5.41, 5.74) is 4.13. The molecule has 0 saturated heterocycles. The molecule has 0 spiro atoms. The summed E-state index contributed by atoms with van der Waals surface area (Å²) in [5.74, 6) is -3.80. The van der Waals surface area contributed by atoms with Gasteiger partial charge in [-0.05, 0) is 12.1 Å². The lowest BCUT2D eigenvalue weighted by molar-refractivity contribution is 0.0590. The van der Waals surface area contributed by atoms with E-state index >= 15 is 0 Å². The number of nitrogen functional groups attached to an aromatic ring is 1.